The van der Waals surface area contributed by atoms with Crippen LogP contribution in [-0.2, 0) is 6.54 Å². The van der Waals surface area contributed by atoms with Gasteiger partial charge in [0.05, 0.1) is 0 Å². The zero-order valence-corrected chi connectivity index (χ0v) is 11.6. The molecule has 1 heterocycles. The molecule has 4 heteroatoms. The third kappa shape index (κ3) is 3.86. The second-order valence-electron chi connectivity index (χ2n) is 5.20. The van der Waals surface area contributed by atoms with Crippen molar-refractivity contribution in [2.24, 2.45) is 5.73 Å². The number of carbonyl (C=O) groups is 1. The van der Waals surface area contributed by atoms with Gasteiger partial charge in [-0.05, 0) is 19.2 Å². The van der Waals surface area contributed by atoms with E-state index in [1.54, 1.807) is 0 Å². The SMILES string of the molecule is CN1CCN(Cc2ccccc2C(=O)CCN)CC1. The van der Waals surface area contributed by atoms with Crippen molar-refractivity contribution < 1.29 is 4.79 Å². The maximum Gasteiger partial charge on any atom is 0.164 e. The van der Waals surface area contributed by atoms with Crippen LogP contribution in [-0.4, -0.2) is 55.4 Å². The van der Waals surface area contributed by atoms with Crippen molar-refractivity contribution in [2.75, 3.05) is 39.8 Å². The summed E-state index contributed by atoms with van der Waals surface area (Å²) in [7, 11) is 2.15. The molecule has 1 aliphatic heterocycles. The first kappa shape index (κ1) is 14.2. The lowest BCUT2D eigenvalue weighted by Crippen LogP contribution is -2.44. The molecule has 1 aromatic carbocycles. The number of ketones is 1. The highest BCUT2D eigenvalue weighted by molar-refractivity contribution is 5.97. The Labute approximate surface area is 115 Å². The summed E-state index contributed by atoms with van der Waals surface area (Å²) in [5, 5.41) is 0. The number of nitrogens with two attached hydrogens (primary N) is 1. The molecule has 1 aromatic rings. The number of carbonyl (C=O) groups excluding carboxylic acids is 1. The van der Waals surface area contributed by atoms with Crippen molar-refractivity contribution in [3.8, 4) is 0 Å². The van der Waals surface area contributed by atoms with Gasteiger partial charge < -0.3 is 10.6 Å². The topological polar surface area (TPSA) is 49.6 Å². The van der Waals surface area contributed by atoms with Gasteiger partial charge in [-0.2, -0.15) is 0 Å². The zero-order valence-electron chi connectivity index (χ0n) is 11.6. The molecule has 0 saturated carbocycles. The van der Waals surface area contributed by atoms with Crippen molar-refractivity contribution in [2.45, 2.75) is 13.0 Å². The molecule has 104 valence electrons. The fourth-order valence-electron chi connectivity index (χ4n) is 2.44. The number of likely N-dealkylation sites (N-methyl/N-ethyl adjacent to an activating group) is 1. The third-order valence-electron chi connectivity index (χ3n) is 3.68. The van der Waals surface area contributed by atoms with Crippen molar-refractivity contribution in [3.63, 3.8) is 0 Å². The molecule has 2 N–H and O–H groups in total. The monoisotopic (exact) mass is 261 g/mol. The number of benzene rings is 1. The molecule has 0 radical (unpaired) electrons. The Morgan fingerprint density at radius 1 is 1.21 bits per heavy atom. The van der Waals surface area contributed by atoms with E-state index in [4.69, 9.17) is 5.73 Å². The first-order chi connectivity index (χ1) is 9.20. The average molecular weight is 261 g/mol. The molecule has 0 amide bonds. The molecule has 19 heavy (non-hydrogen) atoms. The Balaban J connectivity index is 2.05. The highest BCUT2D eigenvalue weighted by atomic mass is 16.1. The second-order valence-corrected chi connectivity index (χ2v) is 5.20. The Morgan fingerprint density at radius 2 is 1.89 bits per heavy atom. The van der Waals surface area contributed by atoms with E-state index in [2.05, 4.69) is 22.9 Å². The molecule has 0 unspecified atom stereocenters. The zero-order chi connectivity index (χ0) is 13.7. The molecule has 0 aliphatic carbocycles. The van der Waals surface area contributed by atoms with Gasteiger partial charge in [0.1, 0.15) is 0 Å². The van der Waals surface area contributed by atoms with E-state index in [-0.39, 0.29) is 5.78 Å². The van der Waals surface area contributed by atoms with E-state index in [9.17, 15) is 4.79 Å². The standard InChI is InChI=1S/C15H23N3O/c1-17-8-10-18(11-9-17)12-13-4-2-3-5-14(13)15(19)6-7-16/h2-5H,6-12,16H2,1H3. The average Bonchev–Trinajstić information content (AvgIpc) is 2.42. The predicted molar refractivity (Wildman–Crippen MR) is 77.2 cm³/mol. The van der Waals surface area contributed by atoms with Crippen LogP contribution in [0.2, 0.25) is 0 Å². The predicted octanol–water partition coefficient (Wildman–Crippen LogP) is 0.965. The van der Waals surface area contributed by atoms with Gasteiger partial charge >= 0.3 is 0 Å². The number of hydrogen-bond acceptors (Lipinski definition) is 4. The van der Waals surface area contributed by atoms with Crippen LogP contribution in [0.4, 0.5) is 0 Å². The summed E-state index contributed by atoms with van der Waals surface area (Å²) in [6.45, 7) is 5.60. The van der Waals surface area contributed by atoms with Crippen LogP contribution in [0.25, 0.3) is 0 Å². The van der Waals surface area contributed by atoms with Crippen LogP contribution in [0.5, 0.6) is 0 Å². The van der Waals surface area contributed by atoms with E-state index < -0.39 is 0 Å². The second kappa shape index (κ2) is 6.80. The highest BCUT2D eigenvalue weighted by Crippen LogP contribution is 2.14. The quantitative estimate of drug-likeness (QED) is 0.802. The van der Waals surface area contributed by atoms with E-state index in [0.717, 1.165) is 43.9 Å². The Hall–Kier alpha value is -1.23. The van der Waals surface area contributed by atoms with E-state index in [0.29, 0.717) is 13.0 Å². The Bertz CT molecular complexity index is 425. The van der Waals surface area contributed by atoms with Crippen LogP contribution in [0, 0.1) is 0 Å². The maximum absolute atomic E-state index is 12.1. The number of Topliss-reactive ketones (excluding diaryl/α,β-unsaturated/α-hetero) is 1. The molecule has 1 aliphatic rings. The largest absolute Gasteiger partial charge is 0.330 e. The minimum absolute atomic E-state index is 0.159. The summed E-state index contributed by atoms with van der Waals surface area (Å²) in [4.78, 5) is 16.8. The van der Waals surface area contributed by atoms with Crippen LogP contribution < -0.4 is 5.73 Å². The van der Waals surface area contributed by atoms with Crippen LogP contribution >= 0.6 is 0 Å². The van der Waals surface area contributed by atoms with Gasteiger partial charge in [-0.3, -0.25) is 9.69 Å². The van der Waals surface area contributed by atoms with Crippen LogP contribution in [0.1, 0.15) is 22.3 Å². The molecule has 0 aromatic heterocycles. The minimum Gasteiger partial charge on any atom is -0.330 e. The normalized spacial score (nSPS) is 17.6. The first-order valence-electron chi connectivity index (χ1n) is 6.93. The summed E-state index contributed by atoms with van der Waals surface area (Å²) in [5.41, 5.74) is 7.45. The molecule has 4 nitrogen and oxygen atoms in total. The molecule has 0 atom stereocenters. The summed E-state index contributed by atoms with van der Waals surface area (Å²) in [6.07, 6.45) is 0.430. The molecule has 2 rings (SSSR count). The van der Waals surface area contributed by atoms with Crippen molar-refractivity contribution >= 4 is 5.78 Å². The van der Waals surface area contributed by atoms with E-state index >= 15 is 0 Å². The Morgan fingerprint density at radius 3 is 2.58 bits per heavy atom. The molecular formula is C15H23N3O. The number of hydrogen-bond donors (Lipinski definition) is 1. The summed E-state index contributed by atoms with van der Waals surface area (Å²) in [6, 6.07) is 7.91. The van der Waals surface area contributed by atoms with Crippen molar-refractivity contribution in [3.05, 3.63) is 35.4 Å². The first-order valence-corrected chi connectivity index (χ1v) is 6.93. The molecular weight excluding hydrogens is 238 g/mol. The molecule has 1 saturated heterocycles. The Kier molecular flexibility index (Phi) is 5.07. The van der Waals surface area contributed by atoms with Crippen molar-refractivity contribution in [1.29, 1.82) is 0 Å². The lowest BCUT2D eigenvalue weighted by molar-refractivity contribution is 0.0981. The van der Waals surface area contributed by atoms with Gasteiger partial charge in [0.25, 0.3) is 0 Å². The number of rotatable bonds is 5. The van der Waals surface area contributed by atoms with Crippen molar-refractivity contribution in [1.82, 2.24) is 9.80 Å². The van der Waals surface area contributed by atoms with Gasteiger partial charge in [-0.15, -0.1) is 0 Å². The summed E-state index contributed by atoms with van der Waals surface area (Å²) in [5.74, 6) is 0.159. The minimum atomic E-state index is 0.159. The highest BCUT2D eigenvalue weighted by Gasteiger charge is 2.16. The summed E-state index contributed by atoms with van der Waals surface area (Å²) < 4.78 is 0. The fourth-order valence-corrected chi connectivity index (χ4v) is 2.44. The van der Waals surface area contributed by atoms with E-state index in [1.165, 1.54) is 0 Å². The van der Waals surface area contributed by atoms with Gasteiger partial charge in [0.2, 0.25) is 0 Å². The van der Waals surface area contributed by atoms with Crippen LogP contribution in [0.15, 0.2) is 24.3 Å². The van der Waals surface area contributed by atoms with Gasteiger partial charge in [-0.25, -0.2) is 0 Å². The molecule has 0 bridgehead atoms. The number of piperazine rings is 1. The van der Waals surface area contributed by atoms with E-state index in [1.807, 2.05) is 18.2 Å². The molecule has 0 spiro atoms. The van der Waals surface area contributed by atoms with Gasteiger partial charge in [0, 0.05) is 44.7 Å². The van der Waals surface area contributed by atoms with Gasteiger partial charge in [0.15, 0.2) is 5.78 Å². The lowest BCUT2D eigenvalue weighted by atomic mass is 10.0. The fraction of sp³-hybridized carbons (Fsp3) is 0.533. The third-order valence-corrected chi connectivity index (χ3v) is 3.68. The molecule has 1 fully saturated rings. The summed E-state index contributed by atoms with van der Waals surface area (Å²) >= 11 is 0. The van der Waals surface area contributed by atoms with Gasteiger partial charge in [-0.1, -0.05) is 24.3 Å². The maximum atomic E-state index is 12.1. The number of nitrogens with zero attached hydrogens (tertiary/aromatic N) is 2. The van der Waals surface area contributed by atoms with Crippen LogP contribution in [0.3, 0.4) is 0 Å². The smallest absolute Gasteiger partial charge is 0.164 e. The lowest BCUT2D eigenvalue weighted by Gasteiger charge is -2.32.